The smallest absolute Gasteiger partial charge is 0.410 e. The Hall–Kier alpha value is -2.55. The standard InChI is InChI=1S/C17H20N2O4/c1-17(2,3)23-16(22)19-9-13(14(10-19)15(20)21)12-6-4-5-11(7-12)8-18/h4-7,13-14H,9-10H2,1-3H3,(H,20,21). The van der Waals surface area contributed by atoms with Gasteiger partial charge in [-0.3, -0.25) is 4.79 Å². The molecule has 1 N–H and O–H groups in total. The maximum absolute atomic E-state index is 12.2. The monoisotopic (exact) mass is 316 g/mol. The van der Waals surface area contributed by atoms with Crippen molar-refractivity contribution in [2.45, 2.75) is 32.3 Å². The molecule has 23 heavy (non-hydrogen) atoms. The lowest BCUT2D eigenvalue weighted by atomic mass is 9.88. The minimum atomic E-state index is -0.955. The number of ether oxygens (including phenoxy) is 1. The number of carbonyl (C=O) groups is 2. The Morgan fingerprint density at radius 1 is 1.35 bits per heavy atom. The van der Waals surface area contributed by atoms with Crippen molar-refractivity contribution in [3.05, 3.63) is 35.4 Å². The highest BCUT2D eigenvalue weighted by atomic mass is 16.6. The fraction of sp³-hybridized carbons (Fsp3) is 0.471. The lowest BCUT2D eigenvalue weighted by Crippen LogP contribution is -2.35. The van der Waals surface area contributed by atoms with E-state index < -0.39 is 23.6 Å². The van der Waals surface area contributed by atoms with Gasteiger partial charge in [-0.25, -0.2) is 4.79 Å². The molecular weight excluding hydrogens is 296 g/mol. The maximum atomic E-state index is 12.2. The number of carbonyl (C=O) groups excluding carboxylic acids is 1. The summed E-state index contributed by atoms with van der Waals surface area (Å²) in [7, 11) is 0. The predicted molar refractivity (Wildman–Crippen MR) is 82.8 cm³/mol. The number of hydrogen-bond acceptors (Lipinski definition) is 4. The molecule has 2 rings (SSSR count). The van der Waals surface area contributed by atoms with Gasteiger partial charge in [-0.2, -0.15) is 5.26 Å². The van der Waals surface area contributed by atoms with Crippen LogP contribution in [-0.4, -0.2) is 40.8 Å². The first-order valence-electron chi connectivity index (χ1n) is 7.42. The molecular formula is C17H20N2O4. The molecule has 0 spiro atoms. The average Bonchev–Trinajstić information content (AvgIpc) is 2.91. The van der Waals surface area contributed by atoms with Crippen LogP contribution in [0.3, 0.4) is 0 Å². The molecule has 0 saturated carbocycles. The van der Waals surface area contributed by atoms with Gasteiger partial charge in [0, 0.05) is 19.0 Å². The van der Waals surface area contributed by atoms with Crippen LogP contribution in [0.2, 0.25) is 0 Å². The summed E-state index contributed by atoms with van der Waals surface area (Å²) in [4.78, 5) is 25.2. The van der Waals surface area contributed by atoms with Gasteiger partial charge in [-0.05, 0) is 38.5 Å². The summed E-state index contributed by atoms with van der Waals surface area (Å²) in [6.07, 6.45) is -0.511. The van der Waals surface area contributed by atoms with E-state index in [-0.39, 0.29) is 19.0 Å². The van der Waals surface area contributed by atoms with Crippen molar-refractivity contribution in [3.63, 3.8) is 0 Å². The van der Waals surface area contributed by atoms with Gasteiger partial charge in [0.15, 0.2) is 0 Å². The number of nitrogens with zero attached hydrogens (tertiary/aromatic N) is 2. The van der Waals surface area contributed by atoms with E-state index in [1.54, 1.807) is 45.0 Å². The fourth-order valence-corrected chi connectivity index (χ4v) is 2.71. The minimum absolute atomic E-state index is 0.103. The number of hydrogen-bond donors (Lipinski definition) is 1. The zero-order chi connectivity index (χ0) is 17.2. The highest BCUT2D eigenvalue weighted by Gasteiger charge is 2.41. The zero-order valence-electron chi connectivity index (χ0n) is 13.4. The van der Waals surface area contributed by atoms with Crippen LogP contribution in [0.4, 0.5) is 4.79 Å². The molecule has 0 aromatic heterocycles. The molecule has 6 heteroatoms. The SMILES string of the molecule is CC(C)(C)OC(=O)N1CC(C(=O)O)C(c2cccc(C#N)c2)C1. The van der Waals surface area contributed by atoms with Gasteiger partial charge in [-0.1, -0.05) is 12.1 Å². The van der Waals surface area contributed by atoms with Crippen LogP contribution in [0.25, 0.3) is 0 Å². The van der Waals surface area contributed by atoms with E-state index >= 15 is 0 Å². The number of amides is 1. The molecule has 1 aromatic rings. The van der Waals surface area contributed by atoms with E-state index in [0.29, 0.717) is 5.56 Å². The second kappa shape index (κ2) is 6.29. The Morgan fingerprint density at radius 2 is 2.04 bits per heavy atom. The molecule has 1 aliphatic rings. The van der Waals surface area contributed by atoms with Gasteiger partial charge in [0.1, 0.15) is 5.60 Å². The first-order chi connectivity index (χ1) is 10.7. The molecule has 1 aromatic carbocycles. The van der Waals surface area contributed by atoms with Gasteiger partial charge in [0.25, 0.3) is 0 Å². The molecule has 1 amide bonds. The third-order valence-electron chi connectivity index (χ3n) is 3.73. The van der Waals surface area contributed by atoms with Gasteiger partial charge in [0.2, 0.25) is 0 Å². The molecule has 0 radical (unpaired) electrons. The van der Waals surface area contributed by atoms with Crippen LogP contribution < -0.4 is 0 Å². The van der Waals surface area contributed by atoms with Crippen LogP contribution in [0.5, 0.6) is 0 Å². The summed E-state index contributed by atoms with van der Waals surface area (Å²) in [6.45, 7) is 5.67. The molecule has 6 nitrogen and oxygen atoms in total. The van der Waals surface area contributed by atoms with Crippen molar-refractivity contribution < 1.29 is 19.4 Å². The van der Waals surface area contributed by atoms with E-state index in [0.717, 1.165) is 5.56 Å². The number of carboxylic acids is 1. The quantitative estimate of drug-likeness (QED) is 0.905. The van der Waals surface area contributed by atoms with Crippen molar-refractivity contribution in [2.75, 3.05) is 13.1 Å². The molecule has 2 atom stereocenters. The topological polar surface area (TPSA) is 90.6 Å². The molecule has 122 valence electrons. The van der Waals surface area contributed by atoms with Crippen molar-refractivity contribution in [1.82, 2.24) is 4.90 Å². The van der Waals surface area contributed by atoms with Crippen molar-refractivity contribution in [1.29, 1.82) is 5.26 Å². The normalized spacial score (nSPS) is 20.9. The number of carboxylic acid groups (broad SMARTS) is 1. The van der Waals surface area contributed by atoms with Gasteiger partial charge in [-0.15, -0.1) is 0 Å². The van der Waals surface area contributed by atoms with E-state index in [9.17, 15) is 14.7 Å². The third-order valence-corrected chi connectivity index (χ3v) is 3.73. The molecule has 1 fully saturated rings. The Labute approximate surface area is 135 Å². The molecule has 2 unspecified atom stereocenters. The number of likely N-dealkylation sites (tertiary alicyclic amines) is 1. The molecule has 0 aliphatic carbocycles. The van der Waals surface area contributed by atoms with Crippen LogP contribution in [0.15, 0.2) is 24.3 Å². The summed E-state index contributed by atoms with van der Waals surface area (Å²) in [6, 6.07) is 8.91. The highest BCUT2D eigenvalue weighted by molar-refractivity contribution is 5.76. The second-order valence-electron chi connectivity index (χ2n) is 6.67. The van der Waals surface area contributed by atoms with Gasteiger partial charge in [0.05, 0.1) is 17.6 Å². The van der Waals surface area contributed by atoms with Crippen LogP contribution in [0, 0.1) is 17.2 Å². The van der Waals surface area contributed by atoms with Crippen molar-refractivity contribution in [3.8, 4) is 6.07 Å². The summed E-state index contributed by atoms with van der Waals surface area (Å²) in [5.74, 6) is -2.02. The first kappa shape index (κ1) is 16.8. The fourth-order valence-electron chi connectivity index (χ4n) is 2.71. The van der Waals surface area contributed by atoms with Crippen LogP contribution >= 0.6 is 0 Å². The highest BCUT2D eigenvalue weighted by Crippen LogP contribution is 2.34. The zero-order valence-corrected chi connectivity index (χ0v) is 13.4. The van der Waals surface area contributed by atoms with E-state index in [1.807, 2.05) is 6.07 Å². The summed E-state index contributed by atoms with van der Waals surface area (Å²) in [5, 5.41) is 18.5. The van der Waals surface area contributed by atoms with E-state index in [2.05, 4.69) is 0 Å². The number of nitriles is 1. The largest absolute Gasteiger partial charge is 0.481 e. The van der Waals surface area contributed by atoms with Gasteiger partial charge >= 0.3 is 12.1 Å². The Balaban J connectivity index is 2.23. The first-order valence-corrected chi connectivity index (χ1v) is 7.42. The van der Waals surface area contributed by atoms with Crippen molar-refractivity contribution in [2.24, 2.45) is 5.92 Å². The maximum Gasteiger partial charge on any atom is 0.410 e. The summed E-state index contributed by atoms with van der Waals surface area (Å²) >= 11 is 0. The Morgan fingerprint density at radius 3 is 2.61 bits per heavy atom. The van der Waals surface area contributed by atoms with Gasteiger partial charge < -0.3 is 14.7 Å². The number of benzene rings is 1. The third kappa shape index (κ3) is 4.01. The van der Waals surface area contributed by atoms with Crippen molar-refractivity contribution >= 4 is 12.1 Å². The van der Waals surface area contributed by atoms with E-state index in [1.165, 1.54) is 4.90 Å². The second-order valence-corrected chi connectivity index (χ2v) is 6.67. The molecule has 1 saturated heterocycles. The summed E-state index contributed by atoms with van der Waals surface area (Å²) in [5.41, 5.74) is 0.596. The molecule has 0 bridgehead atoms. The van der Waals surface area contributed by atoms with Crippen LogP contribution in [-0.2, 0) is 9.53 Å². The Kier molecular flexibility index (Phi) is 4.60. The van der Waals surface area contributed by atoms with Crippen LogP contribution in [0.1, 0.15) is 37.8 Å². The Bertz CT molecular complexity index is 657. The molecule has 1 heterocycles. The number of rotatable bonds is 2. The minimum Gasteiger partial charge on any atom is -0.481 e. The summed E-state index contributed by atoms with van der Waals surface area (Å²) < 4.78 is 5.32. The predicted octanol–water partition coefficient (Wildman–Crippen LogP) is 2.59. The lowest BCUT2D eigenvalue weighted by molar-refractivity contribution is -0.141. The lowest BCUT2D eigenvalue weighted by Gasteiger charge is -2.24. The molecule has 1 aliphatic heterocycles. The van der Waals surface area contributed by atoms with E-state index in [4.69, 9.17) is 10.00 Å². The number of aliphatic carboxylic acids is 1. The average molecular weight is 316 g/mol.